The van der Waals surface area contributed by atoms with E-state index in [4.69, 9.17) is 5.73 Å². The molecule has 0 aliphatic rings. The summed E-state index contributed by atoms with van der Waals surface area (Å²) in [6.07, 6.45) is 0. The molecule has 1 rings (SSSR count). The number of hydrogen-bond donors (Lipinski definition) is 3. The van der Waals surface area contributed by atoms with E-state index in [2.05, 4.69) is 23.1 Å². The Balaban J connectivity index is 2.70. The third kappa shape index (κ3) is 2.70. The van der Waals surface area contributed by atoms with Crippen LogP contribution in [0.5, 0.6) is 0 Å². The van der Waals surface area contributed by atoms with Crippen LogP contribution in [-0.2, 0) is 0 Å². The smallest absolute Gasteiger partial charge is 0.269 e. The number of hydrazine groups is 1. The van der Waals surface area contributed by atoms with E-state index in [0.29, 0.717) is 5.56 Å². The summed E-state index contributed by atoms with van der Waals surface area (Å²) in [6.45, 7) is 1.86. The van der Waals surface area contributed by atoms with E-state index in [9.17, 15) is 4.79 Å². The van der Waals surface area contributed by atoms with Crippen molar-refractivity contribution in [1.82, 2.24) is 10.9 Å². The Hall–Kier alpha value is -1.62. The molecule has 0 aromatic heterocycles. The van der Waals surface area contributed by atoms with Crippen LogP contribution < -0.4 is 16.6 Å². The van der Waals surface area contributed by atoms with Crippen molar-refractivity contribution < 1.29 is 4.79 Å². The number of nitrogens with two attached hydrogens (primary N) is 1. The fourth-order valence-electron chi connectivity index (χ4n) is 1.01. The largest absolute Gasteiger partial charge is 0.375 e. The summed E-state index contributed by atoms with van der Waals surface area (Å²) in [6, 6.07) is 7.25. The van der Waals surface area contributed by atoms with Crippen LogP contribution in [0.25, 0.3) is 0 Å². The minimum Gasteiger partial charge on any atom is -0.375 e. The van der Waals surface area contributed by atoms with Crippen molar-refractivity contribution in [2.45, 2.75) is 6.92 Å². The highest BCUT2D eigenvalue weighted by Gasteiger charge is 2.06. The summed E-state index contributed by atoms with van der Waals surface area (Å²) in [5.74, 6) is -0.254. The molecule has 0 atom stereocenters. The van der Waals surface area contributed by atoms with Crippen LogP contribution in [0.15, 0.2) is 24.3 Å². The molecule has 0 unspecified atom stereocenters. The van der Waals surface area contributed by atoms with E-state index in [1.165, 1.54) is 0 Å². The number of nitrogens with one attached hydrogen (secondary N) is 2. The van der Waals surface area contributed by atoms with Gasteiger partial charge < -0.3 is 5.73 Å². The number of rotatable bonds is 1. The average molecular weight is 209 g/mol. The highest BCUT2D eigenvalue weighted by atomic mass is 32.1. The second kappa shape index (κ2) is 4.57. The minimum atomic E-state index is -0.254. The molecule has 0 aliphatic carbocycles. The van der Waals surface area contributed by atoms with Crippen molar-refractivity contribution in [3.8, 4) is 0 Å². The Morgan fingerprint density at radius 2 is 2.00 bits per heavy atom. The maximum absolute atomic E-state index is 11.5. The minimum absolute atomic E-state index is 0.0342. The lowest BCUT2D eigenvalue weighted by Gasteiger charge is -2.07. The predicted octanol–water partition coefficient (Wildman–Crippen LogP) is 0.473. The Morgan fingerprint density at radius 1 is 1.36 bits per heavy atom. The molecule has 0 spiro atoms. The number of hydrogen-bond acceptors (Lipinski definition) is 2. The molecule has 0 fully saturated rings. The number of benzene rings is 1. The second-order valence-corrected chi connectivity index (χ2v) is 3.20. The number of carbonyl (C=O) groups excluding carboxylic acids is 1. The van der Waals surface area contributed by atoms with Crippen molar-refractivity contribution >= 4 is 23.2 Å². The molecule has 1 aromatic rings. The van der Waals surface area contributed by atoms with Crippen LogP contribution in [0, 0.1) is 6.92 Å². The standard InChI is InChI=1S/C9H11N3OS/c1-6-4-2-3-5-7(6)8(13)11-12-9(10)14/h2-5H,1H3,(H,11,13)(H3,10,12,14). The maximum atomic E-state index is 11.5. The Labute approximate surface area is 87.5 Å². The molecular formula is C9H11N3OS. The first-order valence-electron chi connectivity index (χ1n) is 4.02. The predicted molar refractivity (Wildman–Crippen MR) is 58.6 cm³/mol. The number of aryl methyl sites for hydroxylation is 1. The van der Waals surface area contributed by atoms with Gasteiger partial charge in [0, 0.05) is 5.56 Å². The Kier molecular flexibility index (Phi) is 3.41. The van der Waals surface area contributed by atoms with E-state index in [1.807, 2.05) is 19.1 Å². The molecule has 0 saturated carbocycles. The molecule has 4 nitrogen and oxygen atoms in total. The number of thiocarbonyl (C=S) groups is 1. The molecule has 0 radical (unpaired) electrons. The normalized spacial score (nSPS) is 9.21. The third-order valence-electron chi connectivity index (χ3n) is 1.69. The molecule has 0 bridgehead atoms. The summed E-state index contributed by atoms with van der Waals surface area (Å²) in [4.78, 5) is 11.5. The van der Waals surface area contributed by atoms with Crippen LogP contribution in [0.4, 0.5) is 0 Å². The summed E-state index contributed by atoms with van der Waals surface area (Å²) >= 11 is 4.55. The molecular weight excluding hydrogens is 198 g/mol. The number of carbonyl (C=O) groups is 1. The molecule has 1 aromatic carbocycles. The van der Waals surface area contributed by atoms with Gasteiger partial charge in [-0.2, -0.15) is 0 Å². The van der Waals surface area contributed by atoms with E-state index >= 15 is 0 Å². The highest BCUT2D eigenvalue weighted by Crippen LogP contribution is 2.05. The average Bonchev–Trinajstić information content (AvgIpc) is 2.15. The monoisotopic (exact) mass is 209 g/mol. The molecule has 1 amide bonds. The summed E-state index contributed by atoms with van der Waals surface area (Å²) in [7, 11) is 0. The molecule has 74 valence electrons. The second-order valence-electron chi connectivity index (χ2n) is 2.76. The molecule has 0 saturated heterocycles. The summed E-state index contributed by atoms with van der Waals surface area (Å²) < 4.78 is 0. The van der Waals surface area contributed by atoms with Gasteiger partial charge in [-0.05, 0) is 30.8 Å². The van der Waals surface area contributed by atoms with Crippen molar-refractivity contribution in [3.05, 3.63) is 35.4 Å². The Morgan fingerprint density at radius 3 is 2.57 bits per heavy atom. The summed E-state index contributed by atoms with van der Waals surface area (Å²) in [5, 5.41) is 0.0342. The van der Waals surface area contributed by atoms with E-state index in [1.54, 1.807) is 12.1 Å². The summed E-state index contributed by atoms with van der Waals surface area (Å²) in [5.41, 5.74) is 11.4. The molecule has 14 heavy (non-hydrogen) atoms. The fraction of sp³-hybridized carbons (Fsp3) is 0.111. The molecule has 0 heterocycles. The van der Waals surface area contributed by atoms with Crippen LogP contribution in [0.2, 0.25) is 0 Å². The lowest BCUT2D eigenvalue weighted by atomic mass is 10.1. The van der Waals surface area contributed by atoms with Crippen LogP contribution in [-0.4, -0.2) is 11.0 Å². The molecule has 0 aliphatic heterocycles. The van der Waals surface area contributed by atoms with Gasteiger partial charge in [-0.25, -0.2) is 0 Å². The van der Waals surface area contributed by atoms with Crippen LogP contribution >= 0.6 is 12.2 Å². The van der Waals surface area contributed by atoms with Crippen LogP contribution in [0.1, 0.15) is 15.9 Å². The van der Waals surface area contributed by atoms with Gasteiger partial charge in [0.15, 0.2) is 5.11 Å². The van der Waals surface area contributed by atoms with Gasteiger partial charge in [0.05, 0.1) is 0 Å². The topological polar surface area (TPSA) is 67.2 Å². The zero-order chi connectivity index (χ0) is 10.6. The van der Waals surface area contributed by atoms with E-state index in [0.717, 1.165) is 5.56 Å². The lowest BCUT2D eigenvalue weighted by molar-refractivity contribution is 0.0943. The number of amides is 1. The highest BCUT2D eigenvalue weighted by molar-refractivity contribution is 7.80. The van der Waals surface area contributed by atoms with Gasteiger partial charge in [-0.1, -0.05) is 18.2 Å². The van der Waals surface area contributed by atoms with E-state index in [-0.39, 0.29) is 11.0 Å². The first kappa shape index (κ1) is 10.5. The Bertz CT molecular complexity index is 365. The van der Waals surface area contributed by atoms with Gasteiger partial charge in [0.2, 0.25) is 0 Å². The van der Waals surface area contributed by atoms with Gasteiger partial charge in [-0.15, -0.1) is 0 Å². The quantitative estimate of drug-likeness (QED) is 0.465. The fourth-order valence-corrected chi connectivity index (χ4v) is 1.06. The third-order valence-corrected chi connectivity index (χ3v) is 1.79. The lowest BCUT2D eigenvalue weighted by Crippen LogP contribution is -2.44. The van der Waals surface area contributed by atoms with Gasteiger partial charge in [-0.3, -0.25) is 15.6 Å². The van der Waals surface area contributed by atoms with Crippen molar-refractivity contribution in [2.75, 3.05) is 0 Å². The molecule has 4 N–H and O–H groups in total. The van der Waals surface area contributed by atoms with Crippen molar-refractivity contribution in [3.63, 3.8) is 0 Å². The first-order chi connectivity index (χ1) is 6.61. The zero-order valence-electron chi connectivity index (χ0n) is 7.70. The van der Waals surface area contributed by atoms with Gasteiger partial charge >= 0.3 is 0 Å². The van der Waals surface area contributed by atoms with Crippen molar-refractivity contribution in [2.24, 2.45) is 5.73 Å². The first-order valence-corrected chi connectivity index (χ1v) is 4.43. The molecule has 5 heteroatoms. The van der Waals surface area contributed by atoms with Gasteiger partial charge in [0.1, 0.15) is 0 Å². The maximum Gasteiger partial charge on any atom is 0.269 e. The zero-order valence-corrected chi connectivity index (χ0v) is 8.52. The van der Waals surface area contributed by atoms with Crippen molar-refractivity contribution in [1.29, 1.82) is 0 Å². The van der Waals surface area contributed by atoms with Crippen LogP contribution in [0.3, 0.4) is 0 Å². The van der Waals surface area contributed by atoms with Gasteiger partial charge in [0.25, 0.3) is 5.91 Å². The SMILES string of the molecule is Cc1ccccc1C(=O)NNC(N)=S. The van der Waals surface area contributed by atoms with E-state index < -0.39 is 0 Å².